The fourth-order valence-electron chi connectivity index (χ4n) is 5.13. The van der Waals surface area contributed by atoms with E-state index in [4.69, 9.17) is 16.7 Å². The Balaban J connectivity index is 1.20. The minimum Gasteiger partial charge on any atom is -0.478 e. The lowest BCUT2D eigenvalue weighted by atomic mass is 9.96. The highest BCUT2D eigenvalue weighted by Crippen LogP contribution is 2.30. The van der Waals surface area contributed by atoms with Crippen molar-refractivity contribution in [3.05, 3.63) is 112 Å². The van der Waals surface area contributed by atoms with Gasteiger partial charge in [-0.2, -0.15) is 0 Å². The van der Waals surface area contributed by atoms with E-state index >= 15 is 0 Å². The largest absolute Gasteiger partial charge is 0.478 e. The van der Waals surface area contributed by atoms with Gasteiger partial charge in [-0.25, -0.2) is 9.59 Å². The normalized spacial score (nSPS) is 15.9. The predicted molar refractivity (Wildman–Crippen MR) is 152 cm³/mol. The smallest absolute Gasteiger partial charge is 0.335 e. The summed E-state index contributed by atoms with van der Waals surface area (Å²) in [5.41, 5.74) is 4.20. The topological polar surface area (TPSA) is 81.7 Å². The molecule has 4 aromatic rings. The van der Waals surface area contributed by atoms with Gasteiger partial charge in [-0.15, -0.1) is 0 Å². The standard InChI is InChI=1S/C31H30ClN3O3/c1-20(26-11-5-8-22-7-2-3-10-27(22)26)33-18-21-6-4-9-23(16-21)25-14-15-35(19-25)31(38)34-29-13-12-24(30(36)37)17-28(29)32/h2-13,16-17,20,25,33H,14-15,18-19H2,1H3,(H,34,38)(H,36,37)/t20-,25-/m1/s1. The number of likely N-dealkylation sites (tertiary alicyclic amines) is 1. The van der Waals surface area contributed by atoms with Crippen molar-refractivity contribution in [1.29, 1.82) is 0 Å². The van der Waals surface area contributed by atoms with Crippen molar-refractivity contribution in [2.75, 3.05) is 18.4 Å². The van der Waals surface area contributed by atoms with Crippen molar-refractivity contribution in [3.63, 3.8) is 0 Å². The summed E-state index contributed by atoms with van der Waals surface area (Å²) in [4.78, 5) is 25.8. The highest BCUT2D eigenvalue weighted by Gasteiger charge is 2.28. The summed E-state index contributed by atoms with van der Waals surface area (Å²) in [6, 6.07) is 27.7. The molecule has 2 amide bonds. The lowest BCUT2D eigenvalue weighted by molar-refractivity contribution is 0.0697. The third-order valence-corrected chi connectivity index (χ3v) is 7.57. The quantitative estimate of drug-likeness (QED) is 0.240. The van der Waals surface area contributed by atoms with Crippen LogP contribution in [0.15, 0.2) is 84.9 Å². The second-order valence-corrected chi connectivity index (χ2v) is 10.2. The molecule has 1 aliphatic rings. The molecule has 0 saturated carbocycles. The third-order valence-electron chi connectivity index (χ3n) is 7.26. The van der Waals surface area contributed by atoms with Crippen LogP contribution in [-0.4, -0.2) is 35.1 Å². The Kier molecular flexibility index (Phi) is 7.63. The van der Waals surface area contributed by atoms with E-state index in [9.17, 15) is 9.59 Å². The SMILES string of the molecule is C[C@@H](NCc1cccc([C@@H]2CCN(C(=O)Nc3ccc(C(=O)O)cc3Cl)C2)c1)c1cccc2ccccc12. The number of amides is 2. The van der Waals surface area contributed by atoms with Gasteiger partial charge >= 0.3 is 12.0 Å². The van der Waals surface area contributed by atoms with Crippen LogP contribution in [0.4, 0.5) is 10.5 Å². The van der Waals surface area contributed by atoms with Gasteiger partial charge in [0.2, 0.25) is 0 Å². The maximum absolute atomic E-state index is 12.9. The second-order valence-electron chi connectivity index (χ2n) is 9.78. The molecule has 1 fully saturated rings. The lowest BCUT2D eigenvalue weighted by Crippen LogP contribution is -2.32. The molecular formula is C31H30ClN3O3. The summed E-state index contributed by atoms with van der Waals surface area (Å²) in [7, 11) is 0. The Bertz CT molecular complexity index is 1480. The molecule has 6 nitrogen and oxygen atoms in total. The van der Waals surface area contributed by atoms with E-state index in [1.54, 1.807) is 4.90 Å². The fourth-order valence-corrected chi connectivity index (χ4v) is 5.35. The first-order chi connectivity index (χ1) is 18.4. The molecule has 0 aromatic heterocycles. The molecule has 194 valence electrons. The molecule has 5 rings (SSSR count). The van der Waals surface area contributed by atoms with Crippen molar-refractivity contribution in [2.45, 2.75) is 31.8 Å². The molecule has 2 atom stereocenters. The number of urea groups is 1. The van der Waals surface area contributed by atoms with Gasteiger partial charge in [-0.05, 0) is 59.0 Å². The number of aromatic carboxylic acids is 1. The highest BCUT2D eigenvalue weighted by atomic mass is 35.5. The Hall–Kier alpha value is -3.87. The molecule has 4 aromatic carbocycles. The molecule has 0 spiro atoms. The molecule has 0 unspecified atom stereocenters. The van der Waals surface area contributed by atoms with Crippen molar-refractivity contribution in [2.24, 2.45) is 0 Å². The van der Waals surface area contributed by atoms with Crippen LogP contribution >= 0.6 is 11.6 Å². The summed E-state index contributed by atoms with van der Waals surface area (Å²) in [6.45, 7) is 4.20. The number of carboxylic acid groups (broad SMARTS) is 1. The van der Waals surface area contributed by atoms with Gasteiger partial charge in [-0.1, -0.05) is 78.3 Å². The van der Waals surface area contributed by atoms with E-state index in [0.717, 1.165) is 13.0 Å². The van der Waals surface area contributed by atoms with Crippen molar-refractivity contribution >= 4 is 40.1 Å². The van der Waals surface area contributed by atoms with Crippen molar-refractivity contribution in [3.8, 4) is 0 Å². The average Bonchev–Trinajstić information content (AvgIpc) is 3.43. The van der Waals surface area contributed by atoms with Crippen LogP contribution in [0.5, 0.6) is 0 Å². The number of fused-ring (bicyclic) bond motifs is 1. The summed E-state index contributed by atoms with van der Waals surface area (Å²) in [5.74, 6) is -0.811. The zero-order valence-electron chi connectivity index (χ0n) is 21.2. The van der Waals surface area contributed by atoms with Crippen LogP contribution in [-0.2, 0) is 6.54 Å². The maximum Gasteiger partial charge on any atom is 0.335 e. The number of benzene rings is 4. The Morgan fingerprint density at radius 3 is 2.63 bits per heavy atom. The lowest BCUT2D eigenvalue weighted by Gasteiger charge is -2.19. The van der Waals surface area contributed by atoms with Crippen LogP contribution in [0, 0.1) is 0 Å². The molecule has 3 N–H and O–H groups in total. The summed E-state index contributed by atoms with van der Waals surface area (Å²) in [5, 5.41) is 18.3. The Morgan fingerprint density at radius 1 is 1.03 bits per heavy atom. The van der Waals surface area contributed by atoms with Gasteiger partial charge < -0.3 is 20.6 Å². The van der Waals surface area contributed by atoms with Gasteiger partial charge in [0, 0.05) is 31.6 Å². The van der Waals surface area contributed by atoms with Crippen molar-refractivity contribution in [1.82, 2.24) is 10.2 Å². The molecule has 7 heteroatoms. The van der Waals surface area contributed by atoms with Gasteiger partial charge in [-0.3, -0.25) is 0 Å². The first-order valence-electron chi connectivity index (χ1n) is 12.8. The Labute approximate surface area is 227 Å². The monoisotopic (exact) mass is 527 g/mol. The third kappa shape index (κ3) is 5.67. The Morgan fingerprint density at radius 2 is 1.82 bits per heavy atom. The minimum atomic E-state index is -1.06. The average molecular weight is 528 g/mol. The zero-order chi connectivity index (χ0) is 26.6. The summed E-state index contributed by atoms with van der Waals surface area (Å²) in [6.07, 6.45) is 0.877. The summed E-state index contributed by atoms with van der Waals surface area (Å²) < 4.78 is 0. The van der Waals surface area contributed by atoms with Gasteiger partial charge in [0.15, 0.2) is 0 Å². The first kappa shape index (κ1) is 25.8. The number of halogens is 1. The zero-order valence-corrected chi connectivity index (χ0v) is 21.9. The number of carboxylic acids is 1. The molecule has 38 heavy (non-hydrogen) atoms. The van der Waals surface area contributed by atoms with E-state index in [1.165, 1.54) is 45.7 Å². The van der Waals surface area contributed by atoms with E-state index in [1.807, 2.05) is 0 Å². The number of nitrogens with one attached hydrogen (secondary N) is 2. The number of carbonyl (C=O) groups is 2. The van der Waals surface area contributed by atoms with E-state index < -0.39 is 5.97 Å². The molecule has 0 radical (unpaired) electrons. The number of anilines is 1. The molecular weight excluding hydrogens is 498 g/mol. The first-order valence-corrected chi connectivity index (χ1v) is 13.2. The van der Waals surface area contributed by atoms with E-state index in [2.05, 4.69) is 84.3 Å². The van der Waals surface area contributed by atoms with Crippen LogP contribution in [0.3, 0.4) is 0 Å². The van der Waals surface area contributed by atoms with Crippen LogP contribution in [0.1, 0.15) is 52.4 Å². The summed E-state index contributed by atoms with van der Waals surface area (Å²) >= 11 is 6.18. The minimum absolute atomic E-state index is 0.0788. The number of hydrogen-bond donors (Lipinski definition) is 3. The highest BCUT2D eigenvalue weighted by molar-refractivity contribution is 6.34. The van der Waals surface area contributed by atoms with Crippen molar-refractivity contribution < 1.29 is 14.7 Å². The number of carbonyl (C=O) groups excluding carboxylic acids is 1. The second kappa shape index (κ2) is 11.3. The number of rotatable bonds is 7. The van der Waals surface area contributed by atoms with Crippen LogP contribution in [0.2, 0.25) is 5.02 Å². The fraction of sp³-hybridized carbons (Fsp3) is 0.226. The van der Waals surface area contributed by atoms with E-state index in [-0.39, 0.29) is 28.6 Å². The molecule has 0 aliphatic carbocycles. The molecule has 0 bridgehead atoms. The predicted octanol–water partition coefficient (Wildman–Crippen LogP) is 7.06. The maximum atomic E-state index is 12.9. The van der Waals surface area contributed by atoms with Gasteiger partial charge in [0.25, 0.3) is 0 Å². The molecule has 1 heterocycles. The van der Waals surface area contributed by atoms with Crippen LogP contribution < -0.4 is 10.6 Å². The van der Waals surface area contributed by atoms with Gasteiger partial charge in [0.1, 0.15) is 0 Å². The molecule has 1 aliphatic heterocycles. The molecule has 1 saturated heterocycles. The van der Waals surface area contributed by atoms with Gasteiger partial charge in [0.05, 0.1) is 16.3 Å². The van der Waals surface area contributed by atoms with E-state index in [0.29, 0.717) is 18.8 Å². The van der Waals surface area contributed by atoms with Crippen LogP contribution in [0.25, 0.3) is 10.8 Å². The number of hydrogen-bond acceptors (Lipinski definition) is 3. The number of nitrogens with zero attached hydrogens (tertiary/aromatic N) is 1.